The van der Waals surface area contributed by atoms with Gasteiger partial charge in [0.1, 0.15) is 13.2 Å². The van der Waals surface area contributed by atoms with Crippen LogP contribution in [0.4, 0.5) is 0 Å². The number of aromatic nitrogens is 1. The lowest BCUT2D eigenvalue weighted by molar-refractivity contribution is -0.156. The summed E-state index contributed by atoms with van der Waals surface area (Å²) in [4.78, 5) is 46.0. The SMILES string of the molecule is CCc1ccc(C(=O)N2C[C@@H]3[C@@H](C2)OCC(=O)N3CC(=O)N(C)C)cn1. The maximum atomic E-state index is 12.8. The molecule has 8 heteroatoms. The summed E-state index contributed by atoms with van der Waals surface area (Å²) in [5, 5.41) is 0. The minimum Gasteiger partial charge on any atom is -0.364 e. The average molecular weight is 360 g/mol. The van der Waals surface area contributed by atoms with Gasteiger partial charge in [-0.05, 0) is 18.6 Å². The Morgan fingerprint density at radius 3 is 2.69 bits per heavy atom. The molecule has 1 aromatic heterocycles. The van der Waals surface area contributed by atoms with Crippen LogP contribution in [0.1, 0.15) is 23.0 Å². The zero-order valence-electron chi connectivity index (χ0n) is 15.3. The van der Waals surface area contributed by atoms with Gasteiger partial charge in [-0.15, -0.1) is 0 Å². The number of rotatable bonds is 4. The van der Waals surface area contributed by atoms with E-state index in [0.717, 1.165) is 12.1 Å². The molecule has 0 bridgehead atoms. The fourth-order valence-electron chi connectivity index (χ4n) is 3.27. The van der Waals surface area contributed by atoms with Gasteiger partial charge in [-0.2, -0.15) is 0 Å². The maximum absolute atomic E-state index is 12.8. The summed E-state index contributed by atoms with van der Waals surface area (Å²) >= 11 is 0. The van der Waals surface area contributed by atoms with E-state index in [1.54, 1.807) is 36.2 Å². The van der Waals surface area contributed by atoms with E-state index in [2.05, 4.69) is 4.98 Å². The van der Waals surface area contributed by atoms with Crippen LogP contribution in [0.5, 0.6) is 0 Å². The molecule has 0 spiro atoms. The van der Waals surface area contributed by atoms with E-state index < -0.39 is 0 Å². The number of hydrogen-bond acceptors (Lipinski definition) is 5. The van der Waals surface area contributed by atoms with Gasteiger partial charge in [0.05, 0.1) is 17.7 Å². The number of carbonyl (C=O) groups is 3. The first-order valence-electron chi connectivity index (χ1n) is 8.76. The summed E-state index contributed by atoms with van der Waals surface area (Å²) in [6.45, 7) is 2.71. The normalized spacial score (nSPS) is 22.3. The van der Waals surface area contributed by atoms with Gasteiger partial charge in [-0.25, -0.2) is 0 Å². The summed E-state index contributed by atoms with van der Waals surface area (Å²) in [5.74, 6) is -0.502. The minimum absolute atomic E-state index is 0.00510. The number of aryl methyl sites for hydroxylation is 1. The number of carbonyl (C=O) groups excluding carboxylic acids is 3. The van der Waals surface area contributed by atoms with Gasteiger partial charge in [0.25, 0.3) is 5.91 Å². The number of fused-ring (bicyclic) bond motifs is 1. The largest absolute Gasteiger partial charge is 0.364 e. The molecular weight excluding hydrogens is 336 g/mol. The predicted octanol–water partition coefficient (Wildman–Crippen LogP) is -0.216. The molecule has 0 aliphatic carbocycles. The van der Waals surface area contributed by atoms with Crippen molar-refractivity contribution in [3.05, 3.63) is 29.6 Å². The number of amides is 3. The molecule has 26 heavy (non-hydrogen) atoms. The lowest BCUT2D eigenvalue weighted by atomic mass is 10.1. The molecule has 2 atom stereocenters. The first-order valence-corrected chi connectivity index (χ1v) is 8.76. The van der Waals surface area contributed by atoms with Gasteiger partial charge < -0.3 is 19.4 Å². The van der Waals surface area contributed by atoms with Gasteiger partial charge in [-0.3, -0.25) is 19.4 Å². The van der Waals surface area contributed by atoms with Crippen LogP contribution in [-0.2, 0) is 20.7 Å². The van der Waals surface area contributed by atoms with E-state index in [-0.39, 0.29) is 43.0 Å². The van der Waals surface area contributed by atoms with Crippen molar-refractivity contribution in [2.75, 3.05) is 40.3 Å². The number of morpholine rings is 1. The zero-order chi connectivity index (χ0) is 18.8. The highest BCUT2D eigenvalue weighted by Crippen LogP contribution is 2.25. The fraction of sp³-hybridized carbons (Fsp3) is 0.556. The van der Waals surface area contributed by atoms with E-state index in [1.165, 1.54) is 4.90 Å². The third kappa shape index (κ3) is 3.55. The van der Waals surface area contributed by atoms with Crippen LogP contribution >= 0.6 is 0 Å². The molecule has 3 rings (SSSR count). The molecule has 2 aliphatic heterocycles. The summed E-state index contributed by atoms with van der Waals surface area (Å²) in [6, 6.07) is 3.32. The van der Waals surface area contributed by atoms with Gasteiger partial charge >= 0.3 is 0 Å². The Morgan fingerprint density at radius 2 is 2.08 bits per heavy atom. The van der Waals surface area contributed by atoms with Crippen molar-refractivity contribution in [3.63, 3.8) is 0 Å². The van der Waals surface area contributed by atoms with Crippen LogP contribution in [-0.4, -0.2) is 89.9 Å². The molecule has 2 aliphatic rings. The molecule has 0 radical (unpaired) electrons. The lowest BCUT2D eigenvalue weighted by Crippen LogP contribution is -2.56. The van der Waals surface area contributed by atoms with Gasteiger partial charge in [0.15, 0.2) is 0 Å². The van der Waals surface area contributed by atoms with E-state index in [9.17, 15) is 14.4 Å². The Labute approximate surface area is 152 Å². The van der Waals surface area contributed by atoms with Crippen LogP contribution in [0.15, 0.2) is 18.3 Å². The van der Waals surface area contributed by atoms with E-state index in [0.29, 0.717) is 18.7 Å². The van der Waals surface area contributed by atoms with Gasteiger partial charge in [0, 0.05) is 39.1 Å². The van der Waals surface area contributed by atoms with Crippen molar-refractivity contribution in [1.29, 1.82) is 0 Å². The van der Waals surface area contributed by atoms with E-state index in [4.69, 9.17) is 4.74 Å². The molecule has 140 valence electrons. The average Bonchev–Trinajstić information content (AvgIpc) is 3.07. The number of pyridine rings is 1. The third-order valence-corrected chi connectivity index (χ3v) is 4.90. The van der Waals surface area contributed by atoms with Crippen LogP contribution in [0.2, 0.25) is 0 Å². The third-order valence-electron chi connectivity index (χ3n) is 4.90. The van der Waals surface area contributed by atoms with Crippen molar-refractivity contribution in [2.45, 2.75) is 25.5 Å². The van der Waals surface area contributed by atoms with E-state index >= 15 is 0 Å². The molecule has 0 N–H and O–H groups in total. The second-order valence-corrected chi connectivity index (χ2v) is 6.83. The monoisotopic (exact) mass is 360 g/mol. The number of likely N-dealkylation sites (N-methyl/N-ethyl adjacent to an activating group) is 1. The summed E-state index contributed by atoms with van der Waals surface area (Å²) in [6.07, 6.45) is 2.13. The molecule has 3 amide bonds. The number of hydrogen-bond donors (Lipinski definition) is 0. The minimum atomic E-state index is -0.299. The van der Waals surface area contributed by atoms with E-state index in [1.807, 2.05) is 13.0 Å². The maximum Gasteiger partial charge on any atom is 0.255 e. The first-order chi connectivity index (χ1) is 12.4. The molecular formula is C18H24N4O4. The molecule has 1 aromatic rings. The highest BCUT2D eigenvalue weighted by Gasteiger charge is 2.45. The standard InChI is InChI=1S/C18H24N4O4/c1-4-13-6-5-12(7-19-13)18(25)21-8-14-15(9-21)26-11-17(24)22(14)10-16(23)20(2)3/h5-7,14-15H,4,8-11H2,1-3H3/t14-,15-/m1/s1. The number of ether oxygens (including phenoxy) is 1. The zero-order valence-corrected chi connectivity index (χ0v) is 15.3. The van der Waals surface area contributed by atoms with Gasteiger partial charge in [0.2, 0.25) is 11.8 Å². The molecule has 2 fully saturated rings. The van der Waals surface area contributed by atoms with Crippen LogP contribution in [0.3, 0.4) is 0 Å². The molecule has 2 saturated heterocycles. The van der Waals surface area contributed by atoms with Crippen molar-refractivity contribution >= 4 is 17.7 Å². The highest BCUT2D eigenvalue weighted by molar-refractivity contribution is 5.94. The summed E-state index contributed by atoms with van der Waals surface area (Å²) in [7, 11) is 3.31. The Bertz CT molecular complexity index is 704. The molecule has 0 saturated carbocycles. The Morgan fingerprint density at radius 1 is 1.31 bits per heavy atom. The summed E-state index contributed by atoms with van der Waals surface area (Å²) < 4.78 is 5.61. The molecule has 3 heterocycles. The Balaban J connectivity index is 1.72. The number of nitrogens with zero attached hydrogens (tertiary/aromatic N) is 4. The lowest BCUT2D eigenvalue weighted by Gasteiger charge is -2.36. The predicted molar refractivity (Wildman–Crippen MR) is 93.5 cm³/mol. The van der Waals surface area contributed by atoms with Crippen molar-refractivity contribution in [3.8, 4) is 0 Å². The van der Waals surface area contributed by atoms with Gasteiger partial charge in [-0.1, -0.05) is 6.92 Å². The van der Waals surface area contributed by atoms with Crippen LogP contribution < -0.4 is 0 Å². The van der Waals surface area contributed by atoms with Crippen molar-refractivity contribution in [1.82, 2.24) is 19.7 Å². The Hall–Kier alpha value is -2.48. The van der Waals surface area contributed by atoms with Crippen LogP contribution in [0.25, 0.3) is 0 Å². The van der Waals surface area contributed by atoms with Crippen molar-refractivity contribution < 1.29 is 19.1 Å². The van der Waals surface area contributed by atoms with Crippen molar-refractivity contribution in [2.24, 2.45) is 0 Å². The quantitative estimate of drug-likeness (QED) is 0.742. The summed E-state index contributed by atoms with van der Waals surface area (Å²) in [5.41, 5.74) is 1.45. The molecule has 0 unspecified atom stereocenters. The molecule has 8 nitrogen and oxygen atoms in total. The first kappa shape index (κ1) is 18.3. The fourth-order valence-corrected chi connectivity index (χ4v) is 3.27. The smallest absolute Gasteiger partial charge is 0.255 e. The Kier molecular flexibility index (Phi) is 5.22. The highest BCUT2D eigenvalue weighted by atomic mass is 16.5. The molecule has 0 aromatic carbocycles. The number of likely N-dealkylation sites (tertiary alicyclic amines) is 1. The topological polar surface area (TPSA) is 83.0 Å². The van der Waals surface area contributed by atoms with Crippen LogP contribution in [0, 0.1) is 0 Å². The second-order valence-electron chi connectivity index (χ2n) is 6.83. The second kappa shape index (κ2) is 7.41.